The molecule has 0 aliphatic carbocycles. The summed E-state index contributed by atoms with van der Waals surface area (Å²) in [5.41, 5.74) is -0.632. The lowest BCUT2D eigenvalue weighted by atomic mass is 9.84. The van der Waals surface area contributed by atoms with E-state index in [1.54, 1.807) is 13.8 Å². The molecule has 4 nitrogen and oxygen atoms in total. The lowest BCUT2D eigenvalue weighted by molar-refractivity contribution is -0.150. The van der Waals surface area contributed by atoms with Gasteiger partial charge in [0.2, 0.25) is 5.78 Å². The number of hydrogen-bond donors (Lipinski definition) is 0. The number of hydrogen-bond acceptors (Lipinski definition) is 3. The van der Waals surface area contributed by atoms with Crippen molar-refractivity contribution in [3.05, 3.63) is 0 Å². The summed E-state index contributed by atoms with van der Waals surface area (Å²) in [5, 5.41) is 0. The molecule has 1 heterocycles. The Bertz CT molecular complexity index is 309. The maximum absolute atomic E-state index is 11.9. The first-order valence-corrected chi connectivity index (χ1v) is 5.74. The molecule has 1 aliphatic rings. The molecule has 90 valence electrons. The molecule has 1 aliphatic heterocycles. The Balaban J connectivity index is 2.78. The highest BCUT2D eigenvalue weighted by molar-refractivity contribution is 6.38. The van der Waals surface area contributed by atoms with Crippen molar-refractivity contribution in [3.8, 4) is 0 Å². The molecule has 0 radical (unpaired) electrons. The number of nitrogens with zero attached hydrogens (tertiary/aromatic N) is 1. The van der Waals surface area contributed by atoms with E-state index in [9.17, 15) is 14.4 Å². The van der Waals surface area contributed by atoms with Crippen LogP contribution in [0.4, 0.5) is 0 Å². The van der Waals surface area contributed by atoms with E-state index in [0.29, 0.717) is 19.4 Å². The molecule has 0 aromatic rings. The highest BCUT2D eigenvalue weighted by Crippen LogP contribution is 2.24. The number of rotatable bonds is 4. The largest absolute Gasteiger partial charge is 0.326 e. The third kappa shape index (κ3) is 2.31. The van der Waals surface area contributed by atoms with Gasteiger partial charge in [0.05, 0.1) is 6.04 Å². The van der Waals surface area contributed by atoms with Gasteiger partial charge in [-0.25, -0.2) is 0 Å². The van der Waals surface area contributed by atoms with Crippen molar-refractivity contribution in [1.29, 1.82) is 0 Å². The zero-order valence-corrected chi connectivity index (χ0v) is 10.2. The van der Waals surface area contributed by atoms with Gasteiger partial charge in [0.15, 0.2) is 0 Å². The van der Waals surface area contributed by atoms with E-state index in [1.165, 1.54) is 4.90 Å². The third-order valence-corrected chi connectivity index (χ3v) is 3.41. The van der Waals surface area contributed by atoms with Crippen LogP contribution in [0.25, 0.3) is 0 Å². The molecule has 1 fully saturated rings. The number of aldehydes is 1. The Hall–Kier alpha value is -1.19. The van der Waals surface area contributed by atoms with Crippen LogP contribution in [0.15, 0.2) is 0 Å². The van der Waals surface area contributed by atoms with Gasteiger partial charge in [0, 0.05) is 12.0 Å². The van der Waals surface area contributed by atoms with E-state index in [1.807, 2.05) is 6.92 Å². The second kappa shape index (κ2) is 4.76. The van der Waals surface area contributed by atoms with Crippen LogP contribution in [-0.2, 0) is 14.4 Å². The minimum absolute atomic E-state index is 0.385. The lowest BCUT2D eigenvalue weighted by Gasteiger charge is -2.25. The van der Waals surface area contributed by atoms with Gasteiger partial charge < -0.3 is 9.69 Å². The normalized spacial score (nSPS) is 20.9. The SMILES string of the molecule is CCC(C)(C)C(=O)C(=O)N1CCCC1C=O. The predicted molar refractivity (Wildman–Crippen MR) is 59.9 cm³/mol. The maximum atomic E-state index is 11.9. The zero-order chi connectivity index (χ0) is 12.3. The molecule has 0 bridgehead atoms. The molecule has 16 heavy (non-hydrogen) atoms. The Morgan fingerprint density at radius 2 is 2.06 bits per heavy atom. The van der Waals surface area contributed by atoms with Crippen molar-refractivity contribution in [1.82, 2.24) is 4.90 Å². The number of likely N-dealkylation sites (tertiary alicyclic amines) is 1. The van der Waals surface area contributed by atoms with Crippen molar-refractivity contribution in [2.24, 2.45) is 5.41 Å². The molecule has 4 heteroatoms. The lowest BCUT2D eigenvalue weighted by Crippen LogP contribution is -2.45. The quantitative estimate of drug-likeness (QED) is 0.533. The first-order chi connectivity index (χ1) is 7.44. The maximum Gasteiger partial charge on any atom is 0.291 e. The van der Waals surface area contributed by atoms with Gasteiger partial charge in [-0.05, 0) is 19.3 Å². The summed E-state index contributed by atoms with van der Waals surface area (Å²) in [6.07, 6.45) is 2.86. The number of carbonyl (C=O) groups excluding carboxylic acids is 3. The van der Waals surface area contributed by atoms with E-state index >= 15 is 0 Å². The molecule has 1 rings (SSSR count). The molecule has 0 saturated carbocycles. The van der Waals surface area contributed by atoms with Crippen LogP contribution >= 0.6 is 0 Å². The van der Waals surface area contributed by atoms with Crippen LogP contribution in [0, 0.1) is 5.41 Å². The number of amides is 1. The molecule has 0 spiro atoms. The highest BCUT2D eigenvalue weighted by atomic mass is 16.2. The van der Waals surface area contributed by atoms with E-state index < -0.39 is 17.4 Å². The number of Topliss-reactive ketones (excluding diaryl/α,β-unsaturated/α-hetero) is 1. The molecular weight excluding hydrogens is 206 g/mol. The molecular formula is C12H19NO3. The van der Waals surface area contributed by atoms with Crippen LogP contribution in [0.5, 0.6) is 0 Å². The molecule has 1 amide bonds. The average Bonchev–Trinajstić information content (AvgIpc) is 2.74. The summed E-state index contributed by atoms with van der Waals surface area (Å²) >= 11 is 0. The van der Waals surface area contributed by atoms with Crippen LogP contribution < -0.4 is 0 Å². The van der Waals surface area contributed by atoms with Crippen LogP contribution in [0.2, 0.25) is 0 Å². The van der Waals surface area contributed by atoms with E-state index in [0.717, 1.165) is 12.7 Å². The van der Waals surface area contributed by atoms with Crippen molar-refractivity contribution < 1.29 is 14.4 Å². The van der Waals surface area contributed by atoms with Crippen LogP contribution in [0.1, 0.15) is 40.0 Å². The average molecular weight is 225 g/mol. The third-order valence-electron chi connectivity index (χ3n) is 3.41. The fourth-order valence-electron chi connectivity index (χ4n) is 1.77. The Morgan fingerprint density at radius 3 is 2.56 bits per heavy atom. The monoisotopic (exact) mass is 225 g/mol. The summed E-state index contributed by atoms with van der Waals surface area (Å²) in [6, 6.07) is -0.399. The van der Waals surface area contributed by atoms with E-state index in [-0.39, 0.29) is 5.78 Å². The second-order valence-electron chi connectivity index (χ2n) is 4.91. The van der Waals surface area contributed by atoms with Crippen molar-refractivity contribution >= 4 is 18.0 Å². The van der Waals surface area contributed by atoms with E-state index in [4.69, 9.17) is 0 Å². The smallest absolute Gasteiger partial charge is 0.291 e. The summed E-state index contributed by atoms with van der Waals surface area (Å²) in [5.74, 6) is -0.884. The van der Waals surface area contributed by atoms with Crippen molar-refractivity contribution in [2.45, 2.75) is 46.1 Å². The fraction of sp³-hybridized carbons (Fsp3) is 0.750. The van der Waals surface area contributed by atoms with Gasteiger partial charge in [0.25, 0.3) is 5.91 Å². The predicted octanol–water partition coefficient (Wildman–Crippen LogP) is 1.18. The fourth-order valence-corrected chi connectivity index (χ4v) is 1.77. The van der Waals surface area contributed by atoms with Crippen LogP contribution in [-0.4, -0.2) is 35.5 Å². The number of ketones is 1. The Labute approximate surface area is 96.0 Å². The minimum Gasteiger partial charge on any atom is -0.326 e. The van der Waals surface area contributed by atoms with Crippen LogP contribution in [0.3, 0.4) is 0 Å². The van der Waals surface area contributed by atoms with E-state index in [2.05, 4.69) is 0 Å². The Kier molecular flexibility index (Phi) is 3.83. The molecule has 1 unspecified atom stereocenters. The van der Waals surface area contributed by atoms with Gasteiger partial charge in [-0.15, -0.1) is 0 Å². The molecule has 0 N–H and O–H groups in total. The summed E-state index contributed by atoms with van der Waals surface area (Å²) in [7, 11) is 0. The van der Waals surface area contributed by atoms with Gasteiger partial charge in [0.1, 0.15) is 6.29 Å². The van der Waals surface area contributed by atoms with Gasteiger partial charge in [-0.2, -0.15) is 0 Å². The van der Waals surface area contributed by atoms with Gasteiger partial charge in [-0.1, -0.05) is 20.8 Å². The second-order valence-corrected chi connectivity index (χ2v) is 4.91. The molecule has 1 saturated heterocycles. The van der Waals surface area contributed by atoms with Gasteiger partial charge >= 0.3 is 0 Å². The minimum atomic E-state index is -0.632. The molecule has 1 atom stereocenters. The van der Waals surface area contributed by atoms with Crippen molar-refractivity contribution in [3.63, 3.8) is 0 Å². The summed E-state index contributed by atoms with van der Waals surface area (Å²) in [4.78, 5) is 36.0. The van der Waals surface area contributed by atoms with Crippen molar-refractivity contribution in [2.75, 3.05) is 6.54 Å². The standard InChI is InChI=1S/C12H19NO3/c1-4-12(2,3)10(15)11(16)13-7-5-6-9(13)8-14/h8-9H,4-7H2,1-3H3. The number of carbonyl (C=O) groups is 3. The zero-order valence-electron chi connectivity index (χ0n) is 10.2. The topological polar surface area (TPSA) is 54.5 Å². The first-order valence-electron chi connectivity index (χ1n) is 5.74. The summed E-state index contributed by atoms with van der Waals surface area (Å²) < 4.78 is 0. The summed E-state index contributed by atoms with van der Waals surface area (Å²) in [6.45, 7) is 5.93. The molecule has 0 aromatic heterocycles. The van der Waals surface area contributed by atoms with Gasteiger partial charge in [-0.3, -0.25) is 9.59 Å². The molecule has 0 aromatic carbocycles. The Morgan fingerprint density at radius 1 is 1.44 bits per heavy atom. The highest BCUT2D eigenvalue weighted by Gasteiger charge is 2.38. The first kappa shape index (κ1) is 12.9.